The van der Waals surface area contributed by atoms with E-state index in [1.807, 2.05) is 66.4 Å². The summed E-state index contributed by atoms with van der Waals surface area (Å²) in [6.45, 7) is 4.67. The fourth-order valence-electron chi connectivity index (χ4n) is 5.38. The van der Waals surface area contributed by atoms with Crippen molar-refractivity contribution in [2.24, 2.45) is 0 Å². The number of amides is 1. The number of aryl methyl sites for hydroxylation is 1. The van der Waals surface area contributed by atoms with Crippen LogP contribution in [-0.2, 0) is 0 Å². The number of ether oxygens (including phenoxy) is 1. The van der Waals surface area contributed by atoms with Gasteiger partial charge in [0.15, 0.2) is 5.76 Å². The molecule has 3 aromatic carbocycles. The number of carbonyl (C=O) groups excluding carboxylic acids is 1. The van der Waals surface area contributed by atoms with Crippen molar-refractivity contribution in [3.05, 3.63) is 126 Å². The van der Waals surface area contributed by atoms with Crippen LogP contribution in [0.25, 0.3) is 17.1 Å². The van der Waals surface area contributed by atoms with Crippen LogP contribution in [0.4, 0.5) is 0 Å². The topological polar surface area (TPSA) is 63.7 Å². The quantitative estimate of drug-likeness (QED) is 0.257. The van der Waals surface area contributed by atoms with Crippen LogP contribution in [0.2, 0.25) is 0 Å². The molecule has 7 nitrogen and oxygen atoms in total. The molecular formula is C33H32N4O3. The lowest BCUT2D eigenvalue weighted by atomic mass is 9.96. The number of furan rings is 1. The third-order valence-corrected chi connectivity index (χ3v) is 7.44. The second-order valence-electron chi connectivity index (χ2n) is 9.99. The number of hydrogen-bond donors (Lipinski definition) is 0. The van der Waals surface area contributed by atoms with Gasteiger partial charge in [0.2, 0.25) is 0 Å². The Morgan fingerprint density at radius 3 is 2.00 bits per heavy atom. The van der Waals surface area contributed by atoms with Crippen LogP contribution in [0.1, 0.15) is 33.4 Å². The number of nitrogens with zero attached hydrogens (tertiary/aromatic N) is 4. The second kappa shape index (κ2) is 11.2. The van der Waals surface area contributed by atoms with Crippen LogP contribution in [0.15, 0.2) is 108 Å². The van der Waals surface area contributed by atoms with Crippen LogP contribution in [-0.4, -0.2) is 58.8 Å². The predicted molar refractivity (Wildman–Crippen MR) is 155 cm³/mol. The monoisotopic (exact) mass is 532 g/mol. The van der Waals surface area contributed by atoms with E-state index in [0.29, 0.717) is 30.2 Å². The molecule has 0 unspecified atom stereocenters. The van der Waals surface area contributed by atoms with Gasteiger partial charge in [-0.15, -0.1) is 0 Å². The summed E-state index contributed by atoms with van der Waals surface area (Å²) >= 11 is 0. The molecule has 1 aliphatic heterocycles. The molecule has 0 N–H and O–H groups in total. The molecule has 6 rings (SSSR count). The molecule has 0 spiro atoms. The van der Waals surface area contributed by atoms with Gasteiger partial charge in [-0.25, -0.2) is 4.68 Å². The van der Waals surface area contributed by atoms with Crippen LogP contribution in [0, 0.1) is 6.92 Å². The predicted octanol–water partition coefficient (Wildman–Crippen LogP) is 6.00. The third kappa shape index (κ3) is 5.16. The lowest BCUT2D eigenvalue weighted by molar-refractivity contribution is 0.0589. The van der Waals surface area contributed by atoms with Gasteiger partial charge in [0, 0.05) is 32.2 Å². The maximum absolute atomic E-state index is 14.0. The van der Waals surface area contributed by atoms with Crippen molar-refractivity contribution >= 4 is 5.91 Å². The van der Waals surface area contributed by atoms with Gasteiger partial charge in [-0.1, -0.05) is 60.7 Å². The number of hydrogen-bond acceptors (Lipinski definition) is 5. The number of carbonyl (C=O) groups is 1. The molecule has 2 aromatic heterocycles. The van der Waals surface area contributed by atoms with Gasteiger partial charge in [-0.3, -0.25) is 9.69 Å². The fourth-order valence-corrected chi connectivity index (χ4v) is 5.38. The largest absolute Gasteiger partial charge is 0.497 e. The van der Waals surface area contributed by atoms with Crippen LogP contribution >= 0.6 is 0 Å². The first kappa shape index (κ1) is 25.6. The molecule has 1 saturated heterocycles. The highest BCUT2D eigenvalue weighted by molar-refractivity contribution is 5.94. The van der Waals surface area contributed by atoms with Gasteiger partial charge >= 0.3 is 0 Å². The fraction of sp³-hybridized carbons (Fsp3) is 0.212. The molecule has 7 heteroatoms. The molecule has 40 heavy (non-hydrogen) atoms. The molecule has 5 aromatic rings. The van der Waals surface area contributed by atoms with E-state index >= 15 is 0 Å². The first-order valence-corrected chi connectivity index (χ1v) is 13.6. The molecule has 0 aliphatic carbocycles. The first-order chi connectivity index (χ1) is 19.6. The maximum atomic E-state index is 14.0. The Hall–Kier alpha value is -4.62. The molecule has 1 aliphatic rings. The summed E-state index contributed by atoms with van der Waals surface area (Å²) in [5, 5.41) is 4.78. The Bertz CT molecular complexity index is 1530. The summed E-state index contributed by atoms with van der Waals surface area (Å²) in [4.78, 5) is 18.4. The number of piperazine rings is 1. The lowest BCUT2D eigenvalue weighted by Crippen LogP contribution is -2.50. The van der Waals surface area contributed by atoms with Crippen molar-refractivity contribution in [1.29, 1.82) is 0 Å². The minimum Gasteiger partial charge on any atom is -0.497 e. The van der Waals surface area contributed by atoms with E-state index in [0.717, 1.165) is 30.3 Å². The van der Waals surface area contributed by atoms with E-state index in [4.69, 9.17) is 14.3 Å². The van der Waals surface area contributed by atoms with E-state index in [1.165, 1.54) is 11.1 Å². The number of methoxy groups -OCH3 is 1. The normalized spacial score (nSPS) is 14.0. The van der Waals surface area contributed by atoms with E-state index in [1.54, 1.807) is 11.8 Å². The van der Waals surface area contributed by atoms with Gasteiger partial charge in [0.1, 0.15) is 22.9 Å². The first-order valence-electron chi connectivity index (χ1n) is 13.6. The van der Waals surface area contributed by atoms with E-state index in [-0.39, 0.29) is 11.9 Å². The molecule has 202 valence electrons. The summed E-state index contributed by atoms with van der Waals surface area (Å²) in [6, 6.07) is 34.5. The molecule has 0 radical (unpaired) electrons. The zero-order chi connectivity index (χ0) is 27.5. The Morgan fingerprint density at radius 1 is 0.825 bits per heavy atom. The lowest BCUT2D eigenvalue weighted by Gasteiger charge is -2.39. The van der Waals surface area contributed by atoms with Crippen LogP contribution < -0.4 is 4.74 Å². The minimum absolute atomic E-state index is 0.0477. The standard InChI is InChI=1S/C33H32N4O3/c1-24-13-18-31(40-24)29-23-30(37(34-29)27-14-16-28(39-2)17-15-27)33(38)36-21-19-35(20-22-36)32(25-9-5-3-6-10-25)26-11-7-4-8-12-26/h3-18,23,32H,19-22H2,1-2H3. The Morgan fingerprint density at radius 2 is 1.45 bits per heavy atom. The van der Waals surface area contributed by atoms with Gasteiger partial charge in [0.25, 0.3) is 5.91 Å². The van der Waals surface area contributed by atoms with Crippen LogP contribution in [0.3, 0.4) is 0 Å². The Kier molecular flexibility index (Phi) is 7.21. The van der Waals surface area contributed by atoms with Gasteiger partial charge in [0.05, 0.1) is 18.8 Å². The number of rotatable bonds is 7. The average molecular weight is 533 g/mol. The number of aromatic nitrogens is 2. The molecule has 0 saturated carbocycles. The zero-order valence-corrected chi connectivity index (χ0v) is 22.7. The van der Waals surface area contributed by atoms with Crippen molar-refractivity contribution in [2.45, 2.75) is 13.0 Å². The Labute approximate surface area is 234 Å². The van der Waals surface area contributed by atoms with Gasteiger partial charge < -0.3 is 14.1 Å². The smallest absolute Gasteiger partial charge is 0.272 e. The molecule has 0 atom stereocenters. The van der Waals surface area contributed by atoms with Crippen molar-refractivity contribution in [3.63, 3.8) is 0 Å². The maximum Gasteiger partial charge on any atom is 0.272 e. The van der Waals surface area contributed by atoms with Gasteiger partial charge in [-0.05, 0) is 54.4 Å². The summed E-state index contributed by atoms with van der Waals surface area (Å²) in [5.41, 5.74) is 4.42. The van der Waals surface area contributed by atoms with Gasteiger partial charge in [-0.2, -0.15) is 5.10 Å². The SMILES string of the molecule is COc1ccc(-n2nc(-c3ccc(C)o3)cc2C(=O)N2CCN(C(c3ccccc3)c3ccccc3)CC2)cc1. The van der Waals surface area contributed by atoms with Crippen molar-refractivity contribution in [1.82, 2.24) is 19.6 Å². The summed E-state index contributed by atoms with van der Waals surface area (Å²) < 4.78 is 12.9. The van der Waals surface area contributed by atoms with E-state index in [2.05, 4.69) is 53.4 Å². The minimum atomic E-state index is -0.0477. The zero-order valence-electron chi connectivity index (χ0n) is 22.7. The summed E-state index contributed by atoms with van der Waals surface area (Å²) in [5.74, 6) is 2.13. The van der Waals surface area contributed by atoms with E-state index in [9.17, 15) is 4.79 Å². The van der Waals surface area contributed by atoms with Crippen molar-refractivity contribution in [2.75, 3.05) is 33.3 Å². The van der Waals surface area contributed by atoms with E-state index < -0.39 is 0 Å². The molecule has 0 bridgehead atoms. The molecule has 1 amide bonds. The third-order valence-electron chi connectivity index (χ3n) is 7.44. The number of benzene rings is 3. The highest BCUT2D eigenvalue weighted by Crippen LogP contribution is 2.30. The van der Waals surface area contributed by atoms with Crippen LogP contribution in [0.5, 0.6) is 5.75 Å². The second-order valence-corrected chi connectivity index (χ2v) is 9.99. The highest BCUT2D eigenvalue weighted by Gasteiger charge is 2.30. The molecule has 1 fully saturated rings. The molecule has 3 heterocycles. The van der Waals surface area contributed by atoms with Crippen molar-refractivity contribution in [3.8, 4) is 22.9 Å². The summed E-state index contributed by atoms with van der Waals surface area (Å²) in [7, 11) is 1.63. The Balaban J connectivity index is 1.27. The molecular weight excluding hydrogens is 500 g/mol. The van der Waals surface area contributed by atoms with Crippen molar-refractivity contribution < 1.29 is 13.9 Å². The average Bonchev–Trinajstić information content (AvgIpc) is 3.65. The highest BCUT2D eigenvalue weighted by atomic mass is 16.5. The summed E-state index contributed by atoms with van der Waals surface area (Å²) in [6.07, 6.45) is 0.